The Balaban J connectivity index is 2.58. The van der Waals surface area contributed by atoms with E-state index in [0.717, 1.165) is 0 Å². The molecular formula is C12H14N2O3S. The lowest BCUT2D eigenvalue weighted by Gasteiger charge is -1.97. The monoisotopic (exact) mass is 266 g/mol. The summed E-state index contributed by atoms with van der Waals surface area (Å²) in [6.45, 7) is 3.87. The number of aromatic nitrogens is 1. The molecule has 5 nitrogen and oxygen atoms in total. The fourth-order valence-corrected chi connectivity index (χ4v) is 1.71. The van der Waals surface area contributed by atoms with Crippen molar-refractivity contribution in [2.45, 2.75) is 13.8 Å². The average molecular weight is 266 g/mol. The Hall–Kier alpha value is -1.95. The van der Waals surface area contributed by atoms with Crippen LogP contribution in [0.1, 0.15) is 24.3 Å². The van der Waals surface area contributed by atoms with Crippen LogP contribution in [-0.2, 0) is 9.53 Å². The van der Waals surface area contributed by atoms with Crippen LogP contribution in [-0.4, -0.2) is 23.5 Å². The molecule has 1 rings (SSSR count). The molecule has 0 bridgehead atoms. The zero-order valence-corrected chi connectivity index (χ0v) is 11.0. The number of carbonyl (C=O) groups is 2. The van der Waals surface area contributed by atoms with Gasteiger partial charge in [0.1, 0.15) is 0 Å². The number of nitrogens with one attached hydrogen (secondary N) is 1. The number of hydrogen-bond acceptors (Lipinski definition) is 5. The van der Waals surface area contributed by atoms with Gasteiger partial charge in [-0.3, -0.25) is 10.1 Å². The van der Waals surface area contributed by atoms with Crippen molar-refractivity contribution >= 4 is 28.3 Å². The lowest BCUT2D eigenvalue weighted by molar-refractivity contribution is -0.111. The Labute approximate surface area is 109 Å². The van der Waals surface area contributed by atoms with Crippen molar-refractivity contribution in [2.75, 3.05) is 11.9 Å². The highest BCUT2D eigenvalue weighted by Crippen LogP contribution is 2.16. The molecule has 6 heteroatoms. The third-order valence-corrected chi connectivity index (χ3v) is 2.53. The highest BCUT2D eigenvalue weighted by Gasteiger charge is 2.12. The van der Waals surface area contributed by atoms with E-state index in [1.165, 1.54) is 17.4 Å². The highest BCUT2D eigenvalue weighted by atomic mass is 32.1. The standard InChI is InChI=1S/C12H14N2O3S/c1-3-5-6-7-10(15)14-12-13-9(8-18-12)11(16)17-4-2/h3,5-8H,4H2,1-2H3,(H,13,14,15)/b5-3+,7-6+. The summed E-state index contributed by atoms with van der Waals surface area (Å²) in [5, 5.41) is 4.47. The van der Waals surface area contributed by atoms with Crippen molar-refractivity contribution in [1.29, 1.82) is 0 Å². The van der Waals surface area contributed by atoms with Gasteiger partial charge in [-0.25, -0.2) is 9.78 Å². The van der Waals surface area contributed by atoms with E-state index in [0.29, 0.717) is 11.7 Å². The Morgan fingerprint density at radius 2 is 2.28 bits per heavy atom. The molecular weight excluding hydrogens is 252 g/mol. The average Bonchev–Trinajstić information content (AvgIpc) is 2.78. The van der Waals surface area contributed by atoms with Crippen LogP contribution < -0.4 is 5.32 Å². The Bertz CT molecular complexity index is 477. The second-order valence-corrected chi connectivity index (χ2v) is 3.99. The van der Waals surface area contributed by atoms with Crippen molar-refractivity contribution in [1.82, 2.24) is 4.98 Å². The van der Waals surface area contributed by atoms with Crippen molar-refractivity contribution in [3.63, 3.8) is 0 Å². The molecule has 1 aromatic rings. The normalized spacial score (nSPS) is 11.0. The molecule has 0 aromatic carbocycles. The van der Waals surface area contributed by atoms with E-state index >= 15 is 0 Å². The maximum atomic E-state index is 11.4. The molecule has 0 unspecified atom stereocenters. The number of carbonyl (C=O) groups excluding carboxylic acids is 2. The van der Waals surface area contributed by atoms with Gasteiger partial charge in [-0.1, -0.05) is 18.2 Å². The molecule has 0 aliphatic rings. The Morgan fingerprint density at radius 3 is 2.94 bits per heavy atom. The van der Waals surface area contributed by atoms with Crippen LogP contribution in [0, 0.1) is 0 Å². The Morgan fingerprint density at radius 1 is 1.50 bits per heavy atom. The molecule has 1 amide bonds. The molecule has 1 N–H and O–H groups in total. The molecule has 0 spiro atoms. The zero-order valence-electron chi connectivity index (χ0n) is 10.2. The third-order valence-electron chi connectivity index (χ3n) is 1.77. The van der Waals surface area contributed by atoms with E-state index in [2.05, 4.69) is 10.3 Å². The fraction of sp³-hybridized carbons (Fsp3) is 0.250. The fourth-order valence-electron chi connectivity index (χ4n) is 1.03. The highest BCUT2D eigenvalue weighted by molar-refractivity contribution is 7.14. The number of hydrogen-bond donors (Lipinski definition) is 1. The van der Waals surface area contributed by atoms with Crippen molar-refractivity contribution < 1.29 is 14.3 Å². The lowest BCUT2D eigenvalue weighted by Crippen LogP contribution is -2.09. The molecule has 0 fully saturated rings. The van der Waals surface area contributed by atoms with E-state index in [9.17, 15) is 9.59 Å². The number of anilines is 1. The molecule has 0 atom stereocenters. The predicted octanol–water partition coefficient (Wildman–Crippen LogP) is 2.39. The van der Waals surface area contributed by atoms with Gasteiger partial charge in [-0.05, 0) is 13.8 Å². The van der Waals surface area contributed by atoms with Crippen molar-refractivity contribution in [3.8, 4) is 0 Å². The van der Waals surface area contributed by atoms with Crippen LogP contribution in [0.2, 0.25) is 0 Å². The summed E-state index contributed by atoms with van der Waals surface area (Å²) in [6.07, 6.45) is 6.55. The van der Waals surface area contributed by atoms with Gasteiger partial charge in [0, 0.05) is 11.5 Å². The van der Waals surface area contributed by atoms with Crippen LogP contribution >= 0.6 is 11.3 Å². The second kappa shape index (κ2) is 7.39. The molecule has 0 aliphatic heterocycles. The first kappa shape index (κ1) is 14.1. The third kappa shape index (κ3) is 4.50. The quantitative estimate of drug-likeness (QED) is 0.505. The van der Waals surface area contributed by atoms with Crippen LogP contribution in [0.4, 0.5) is 5.13 Å². The summed E-state index contributed by atoms with van der Waals surface area (Å²) < 4.78 is 4.80. The number of amides is 1. The summed E-state index contributed by atoms with van der Waals surface area (Å²) in [7, 11) is 0. The SMILES string of the molecule is C/C=C/C=C/C(=O)Nc1nc(C(=O)OCC)cs1. The van der Waals surface area contributed by atoms with Gasteiger partial charge < -0.3 is 4.74 Å². The van der Waals surface area contributed by atoms with Gasteiger partial charge in [0.05, 0.1) is 6.61 Å². The van der Waals surface area contributed by atoms with Crippen LogP contribution in [0.5, 0.6) is 0 Å². The number of nitrogens with zero attached hydrogens (tertiary/aromatic N) is 1. The summed E-state index contributed by atoms with van der Waals surface area (Å²) in [5.74, 6) is -0.781. The summed E-state index contributed by atoms with van der Waals surface area (Å²) >= 11 is 1.18. The summed E-state index contributed by atoms with van der Waals surface area (Å²) in [4.78, 5) is 26.7. The first-order chi connectivity index (χ1) is 8.67. The summed E-state index contributed by atoms with van der Waals surface area (Å²) in [5.41, 5.74) is 0.203. The minimum atomic E-state index is -0.487. The second-order valence-electron chi connectivity index (χ2n) is 3.13. The van der Waals surface area contributed by atoms with E-state index < -0.39 is 5.97 Å². The van der Waals surface area contributed by atoms with Gasteiger partial charge >= 0.3 is 5.97 Å². The van der Waals surface area contributed by atoms with Gasteiger partial charge in [-0.2, -0.15) is 0 Å². The molecule has 96 valence electrons. The van der Waals surface area contributed by atoms with E-state index in [-0.39, 0.29) is 11.6 Å². The first-order valence-electron chi connectivity index (χ1n) is 5.40. The molecule has 0 saturated heterocycles. The number of rotatable bonds is 5. The van der Waals surface area contributed by atoms with Gasteiger partial charge in [0.15, 0.2) is 10.8 Å². The largest absolute Gasteiger partial charge is 0.461 e. The maximum absolute atomic E-state index is 11.4. The van der Waals surface area contributed by atoms with Gasteiger partial charge in [0.25, 0.3) is 0 Å². The van der Waals surface area contributed by atoms with E-state index in [4.69, 9.17) is 4.74 Å². The predicted molar refractivity (Wildman–Crippen MR) is 70.7 cm³/mol. The number of esters is 1. The van der Waals surface area contributed by atoms with Crippen LogP contribution in [0.3, 0.4) is 0 Å². The molecule has 1 heterocycles. The Kier molecular flexibility index (Phi) is 5.79. The first-order valence-corrected chi connectivity index (χ1v) is 6.28. The molecule has 0 radical (unpaired) electrons. The number of ether oxygens (including phenoxy) is 1. The smallest absolute Gasteiger partial charge is 0.357 e. The molecule has 0 aliphatic carbocycles. The van der Waals surface area contributed by atoms with Crippen molar-refractivity contribution in [2.24, 2.45) is 0 Å². The van der Waals surface area contributed by atoms with Crippen LogP contribution in [0.25, 0.3) is 0 Å². The topological polar surface area (TPSA) is 68.3 Å². The van der Waals surface area contributed by atoms with Gasteiger partial charge in [-0.15, -0.1) is 11.3 Å². The molecule has 0 saturated carbocycles. The molecule has 18 heavy (non-hydrogen) atoms. The van der Waals surface area contributed by atoms with Crippen LogP contribution in [0.15, 0.2) is 29.7 Å². The zero-order chi connectivity index (χ0) is 13.4. The molecule has 1 aromatic heterocycles. The van der Waals surface area contributed by atoms with E-state index in [1.807, 2.05) is 13.0 Å². The lowest BCUT2D eigenvalue weighted by atomic mass is 10.4. The number of allylic oxidation sites excluding steroid dienone is 3. The minimum Gasteiger partial charge on any atom is -0.461 e. The minimum absolute atomic E-state index is 0.203. The van der Waals surface area contributed by atoms with E-state index in [1.54, 1.807) is 24.5 Å². The maximum Gasteiger partial charge on any atom is 0.357 e. The van der Waals surface area contributed by atoms with Crippen molar-refractivity contribution in [3.05, 3.63) is 35.4 Å². The summed E-state index contributed by atoms with van der Waals surface area (Å²) in [6, 6.07) is 0. The number of thiazole rings is 1. The van der Waals surface area contributed by atoms with Gasteiger partial charge in [0.2, 0.25) is 5.91 Å².